The lowest BCUT2D eigenvalue weighted by Gasteiger charge is -2.05. The number of carbonyl (C=O) groups is 2. The summed E-state index contributed by atoms with van der Waals surface area (Å²) in [7, 11) is 1.55. The number of hydrogen-bond acceptors (Lipinski definition) is 5. The Labute approximate surface area is 115 Å². The molecule has 0 fully saturated rings. The van der Waals surface area contributed by atoms with Crippen LogP contribution in [-0.2, 0) is 23.8 Å². The molecule has 0 N–H and O–H groups in total. The van der Waals surface area contributed by atoms with Gasteiger partial charge in [0.25, 0.3) is 0 Å². The summed E-state index contributed by atoms with van der Waals surface area (Å²) in [4.78, 5) is 22.5. The van der Waals surface area contributed by atoms with E-state index < -0.39 is 0 Å². The third-order valence-corrected chi connectivity index (χ3v) is 2.57. The van der Waals surface area contributed by atoms with E-state index in [9.17, 15) is 9.59 Å². The first-order chi connectivity index (χ1) is 9.20. The number of carbonyl (C=O) groups excluding carboxylic acids is 2. The van der Waals surface area contributed by atoms with Gasteiger partial charge in [-0.15, -0.1) is 0 Å². The number of rotatable bonds is 12. The van der Waals surface area contributed by atoms with Crippen LogP contribution in [0.25, 0.3) is 0 Å². The molecule has 0 heterocycles. The van der Waals surface area contributed by atoms with E-state index in [1.54, 1.807) is 7.11 Å². The first-order valence-electron chi connectivity index (χ1n) is 7.00. The Morgan fingerprint density at radius 2 is 1.42 bits per heavy atom. The van der Waals surface area contributed by atoms with Crippen molar-refractivity contribution in [2.75, 3.05) is 26.9 Å². The molecule has 0 rings (SSSR count). The molecule has 0 saturated heterocycles. The largest absolute Gasteiger partial charge is 0.466 e. The van der Waals surface area contributed by atoms with Crippen molar-refractivity contribution < 1.29 is 23.8 Å². The highest BCUT2D eigenvalue weighted by Gasteiger charge is 2.07. The zero-order valence-electron chi connectivity index (χ0n) is 12.1. The Balaban J connectivity index is 3.34. The lowest BCUT2D eigenvalue weighted by molar-refractivity contribution is -0.146. The van der Waals surface area contributed by atoms with Crippen LogP contribution in [0.4, 0.5) is 0 Å². The average Bonchev–Trinajstić information content (AvgIpc) is 2.39. The maximum Gasteiger partial charge on any atom is 0.305 e. The molecule has 0 atom stereocenters. The van der Waals surface area contributed by atoms with Gasteiger partial charge in [0.05, 0.1) is 13.2 Å². The van der Waals surface area contributed by atoms with Gasteiger partial charge in [-0.05, 0) is 12.8 Å². The number of hydrogen-bond donors (Lipinski definition) is 0. The molecule has 112 valence electrons. The molecule has 0 aromatic heterocycles. The van der Waals surface area contributed by atoms with Crippen LogP contribution in [0.3, 0.4) is 0 Å². The van der Waals surface area contributed by atoms with Crippen molar-refractivity contribution in [3.8, 4) is 0 Å². The molecular formula is C14H26O5. The van der Waals surface area contributed by atoms with Gasteiger partial charge in [0.2, 0.25) is 0 Å². The van der Waals surface area contributed by atoms with Crippen LogP contribution < -0.4 is 0 Å². The molecule has 0 aliphatic carbocycles. The van der Waals surface area contributed by atoms with Crippen LogP contribution in [0.2, 0.25) is 0 Å². The van der Waals surface area contributed by atoms with E-state index in [0.29, 0.717) is 19.6 Å². The van der Waals surface area contributed by atoms with Gasteiger partial charge < -0.3 is 14.2 Å². The van der Waals surface area contributed by atoms with E-state index in [0.717, 1.165) is 12.8 Å². The quantitative estimate of drug-likeness (QED) is 0.404. The predicted molar refractivity (Wildman–Crippen MR) is 71.8 cm³/mol. The minimum atomic E-state index is -0.298. The van der Waals surface area contributed by atoms with E-state index in [1.807, 2.05) is 0 Å². The summed E-state index contributed by atoms with van der Waals surface area (Å²) < 4.78 is 14.7. The first kappa shape index (κ1) is 17.9. The van der Waals surface area contributed by atoms with Gasteiger partial charge in [0.15, 0.2) is 0 Å². The summed E-state index contributed by atoms with van der Waals surface area (Å²) in [5.41, 5.74) is 0. The lowest BCUT2D eigenvalue weighted by atomic mass is 10.2. The summed E-state index contributed by atoms with van der Waals surface area (Å²) in [6.07, 6.45) is 5.33. The van der Waals surface area contributed by atoms with E-state index in [4.69, 9.17) is 14.2 Å². The lowest BCUT2D eigenvalue weighted by Crippen LogP contribution is -2.11. The second-order valence-corrected chi connectivity index (χ2v) is 4.35. The van der Waals surface area contributed by atoms with Crippen molar-refractivity contribution in [1.82, 2.24) is 0 Å². The standard InChI is InChI=1S/C14H26O5/c1-3-4-5-6-10-18-13(15)8-7-9-14(16)19-12-11-17-2/h3-12H2,1-2H3. The third-order valence-electron chi connectivity index (χ3n) is 2.57. The van der Waals surface area contributed by atoms with E-state index in [1.165, 1.54) is 12.8 Å². The van der Waals surface area contributed by atoms with E-state index in [-0.39, 0.29) is 31.4 Å². The summed E-state index contributed by atoms with van der Waals surface area (Å²) >= 11 is 0. The Morgan fingerprint density at radius 3 is 2.00 bits per heavy atom. The molecule has 5 nitrogen and oxygen atoms in total. The average molecular weight is 274 g/mol. The second-order valence-electron chi connectivity index (χ2n) is 4.35. The smallest absolute Gasteiger partial charge is 0.305 e. The molecule has 0 amide bonds. The molecule has 0 aromatic rings. The molecular weight excluding hydrogens is 248 g/mol. The third kappa shape index (κ3) is 13.1. The highest BCUT2D eigenvalue weighted by Crippen LogP contribution is 2.02. The van der Waals surface area contributed by atoms with Crippen molar-refractivity contribution >= 4 is 11.9 Å². The van der Waals surface area contributed by atoms with Crippen LogP contribution in [0.15, 0.2) is 0 Å². The Morgan fingerprint density at radius 1 is 0.789 bits per heavy atom. The van der Waals surface area contributed by atoms with Crippen LogP contribution >= 0.6 is 0 Å². The van der Waals surface area contributed by atoms with E-state index >= 15 is 0 Å². The zero-order chi connectivity index (χ0) is 14.3. The van der Waals surface area contributed by atoms with Gasteiger partial charge in [0, 0.05) is 20.0 Å². The number of methoxy groups -OCH3 is 1. The van der Waals surface area contributed by atoms with Crippen LogP contribution in [0.1, 0.15) is 51.9 Å². The first-order valence-corrected chi connectivity index (χ1v) is 7.00. The van der Waals surface area contributed by atoms with E-state index in [2.05, 4.69) is 6.92 Å². The van der Waals surface area contributed by atoms with Gasteiger partial charge >= 0.3 is 11.9 Å². The maximum atomic E-state index is 11.3. The molecule has 0 bridgehead atoms. The van der Waals surface area contributed by atoms with Gasteiger partial charge in [-0.2, -0.15) is 0 Å². The molecule has 19 heavy (non-hydrogen) atoms. The van der Waals surface area contributed by atoms with Crippen molar-refractivity contribution in [1.29, 1.82) is 0 Å². The number of esters is 2. The summed E-state index contributed by atoms with van der Waals surface area (Å²) in [6.45, 7) is 3.28. The van der Waals surface area contributed by atoms with Gasteiger partial charge in [-0.1, -0.05) is 26.2 Å². The van der Waals surface area contributed by atoms with Crippen molar-refractivity contribution in [3.05, 3.63) is 0 Å². The van der Waals surface area contributed by atoms with Gasteiger partial charge in [-0.25, -0.2) is 0 Å². The normalized spacial score (nSPS) is 10.2. The Bertz CT molecular complexity index is 240. The molecule has 0 unspecified atom stereocenters. The predicted octanol–water partition coefficient (Wildman–Crippen LogP) is 2.47. The molecule has 5 heteroatoms. The highest BCUT2D eigenvalue weighted by atomic mass is 16.6. The fourth-order valence-corrected chi connectivity index (χ4v) is 1.48. The monoisotopic (exact) mass is 274 g/mol. The maximum absolute atomic E-state index is 11.3. The van der Waals surface area contributed by atoms with Crippen LogP contribution in [0, 0.1) is 0 Å². The Hall–Kier alpha value is -1.10. The van der Waals surface area contributed by atoms with Crippen molar-refractivity contribution in [2.45, 2.75) is 51.9 Å². The second kappa shape index (κ2) is 13.3. The minimum Gasteiger partial charge on any atom is -0.466 e. The highest BCUT2D eigenvalue weighted by molar-refractivity contribution is 5.72. The molecule has 0 aliphatic heterocycles. The molecule has 0 saturated carbocycles. The molecule has 0 spiro atoms. The molecule has 0 aromatic carbocycles. The summed E-state index contributed by atoms with van der Waals surface area (Å²) in [5.74, 6) is -0.533. The molecule has 0 radical (unpaired) electrons. The topological polar surface area (TPSA) is 61.8 Å². The SMILES string of the molecule is CCCCCCOC(=O)CCCC(=O)OCCOC. The summed E-state index contributed by atoms with van der Waals surface area (Å²) in [5, 5.41) is 0. The van der Waals surface area contributed by atoms with Crippen LogP contribution in [-0.4, -0.2) is 38.9 Å². The Kier molecular flexibility index (Phi) is 12.6. The zero-order valence-corrected chi connectivity index (χ0v) is 12.1. The number of unbranched alkanes of at least 4 members (excludes halogenated alkanes) is 3. The molecule has 0 aliphatic rings. The van der Waals surface area contributed by atoms with Crippen LogP contribution in [0.5, 0.6) is 0 Å². The van der Waals surface area contributed by atoms with Crippen molar-refractivity contribution in [2.24, 2.45) is 0 Å². The van der Waals surface area contributed by atoms with Crippen molar-refractivity contribution in [3.63, 3.8) is 0 Å². The fourth-order valence-electron chi connectivity index (χ4n) is 1.48. The minimum absolute atomic E-state index is 0.235. The number of ether oxygens (including phenoxy) is 3. The van der Waals surface area contributed by atoms with Gasteiger partial charge in [0.1, 0.15) is 6.61 Å². The summed E-state index contributed by atoms with van der Waals surface area (Å²) in [6, 6.07) is 0. The van der Waals surface area contributed by atoms with Gasteiger partial charge in [-0.3, -0.25) is 9.59 Å². The fraction of sp³-hybridized carbons (Fsp3) is 0.857.